The van der Waals surface area contributed by atoms with Crippen molar-refractivity contribution in [3.63, 3.8) is 0 Å². The van der Waals surface area contributed by atoms with Gasteiger partial charge < -0.3 is 4.74 Å². The molecule has 0 spiro atoms. The summed E-state index contributed by atoms with van der Waals surface area (Å²) in [6.07, 6.45) is 11.4. The van der Waals surface area contributed by atoms with Gasteiger partial charge in [0.2, 0.25) is 0 Å². The predicted octanol–water partition coefficient (Wildman–Crippen LogP) is 6.37. The summed E-state index contributed by atoms with van der Waals surface area (Å²) in [5, 5.41) is 0.812. The van der Waals surface area contributed by atoms with Gasteiger partial charge in [-0.2, -0.15) is 0 Å². The first-order valence-corrected chi connectivity index (χ1v) is 8.82. The van der Waals surface area contributed by atoms with Crippen LogP contribution in [0, 0.1) is 0 Å². The van der Waals surface area contributed by atoms with Gasteiger partial charge in [-0.05, 0) is 59.0 Å². The van der Waals surface area contributed by atoms with E-state index in [1.807, 2.05) is 0 Å². The topological polar surface area (TPSA) is 9.23 Å². The molecule has 0 rings (SSSR count). The van der Waals surface area contributed by atoms with Gasteiger partial charge in [-0.3, -0.25) is 0 Å². The maximum Gasteiger partial charge on any atom is 0.0686 e. The van der Waals surface area contributed by atoms with Gasteiger partial charge in [-0.25, -0.2) is 0 Å². The van der Waals surface area contributed by atoms with E-state index in [4.69, 9.17) is 4.74 Å². The average molecular weight is 355 g/mol. The molecule has 0 amide bonds. The van der Waals surface area contributed by atoms with Gasteiger partial charge >= 0.3 is 0 Å². The molecule has 2 heteroatoms. The molecule has 0 N–H and O–H groups in total. The molecule has 0 radical (unpaired) electrons. The summed E-state index contributed by atoms with van der Waals surface area (Å²) in [4.78, 5) is 0. The molecule has 0 aliphatic carbocycles. The second-order valence-corrected chi connectivity index (χ2v) is 6.42. The van der Waals surface area contributed by atoms with Crippen molar-refractivity contribution < 1.29 is 4.74 Å². The number of hydrogen-bond acceptors (Lipinski definition) is 1. The number of ether oxygens (including phenoxy) is 1. The van der Waals surface area contributed by atoms with Crippen LogP contribution in [-0.4, -0.2) is 18.5 Å². The smallest absolute Gasteiger partial charge is 0.0686 e. The Morgan fingerprint density at radius 3 is 2.10 bits per heavy atom. The maximum absolute atomic E-state index is 5.53. The molecule has 0 aliphatic heterocycles. The summed E-state index contributed by atoms with van der Waals surface area (Å²) in [6.45, 7) is 13.9. The zero-order valence-electron chi connectivity index (χ0n) is 14.2. The van der Waals surface area contributed by atoms with Crippen LogP contribution in [0.15, 0.2) is 47.1 Å². The molecule has 1 nitrogen and oxygen atoms in total. The van der Waals surface area contributed by atoms with Crippen molar-refractivity contribution in [1.82, 2.24) is 0 Å². The lowest BCUT2D eigenvalue weighted by Gasteiger charge is -2.04. The average Bonchev–Trinajstić information content (AvgIpc) is 2.42. The van der Waals surface area contributed by atoms with Crippen molar-refractivity contribution in [3.05, 3.63) is 47.1 Å². The number of allylic oxidation sites excluding steroid dienone is 5. The minimum atomic E-state index is 0.637. The standard InChI is InChI=1S/C19H31BrO/c1-16(2)8-6-9-17(3)10-7-11-18(4)12-13-21-15-19(5)14-20/h8,10,12H,5-7,9,11,13-15H2,1-4H3/b17-10+,18-12+. The highest BCUT2D eigenvalue weighted by molar-refractivity contribution is 9.09. The van der Waals surface area contributed by atoms with Crippen LogP contribution in [0.2, 0.25) is 0 Å². The minimum absolute atomic E-state index is 0.637. The second-order valence-electron chi connectivity index (χ2n) is 5.86. The molecule has 0 aromatic heterocycles. The highest BCUT2D eigenvalue weighted by Gasteiger charge is 1.93. The van der Waals surface area contributed by atoms with Crippen LogP contribution in [0.25, 0.3) is 0 Å². The summed E-state index contributed by atoms with van der Waals surface area (Å²) >= 11 is 3.36. The predicted molar refractivity (Wildman–Crippen MR) is 99.2 cm³/mol. The Kier molecular flexibility index (Phi) is 12.7. The molecule has 0 aliphatic rings. The number of alkyl halides is 1. The van der Waals surface area contributed by atoms with Gasteiger partial charge in [0.1, 0.15) is 0 Å². The normalized spacial score (nSPS) is 12.4. The first kappa shape index (κ1) is 20.4. The molecule has 0 aromatic rings. The van der Waals surface area contributed by atoms with Gasteiger partial charge in [0.25, 0.3) is 0 Å². The lowest BCUT2D eigenvalue weighted by atomic mass is 10.1. The third-order valence-corrected chi connectivity index (χ3v) is 3.96. The van der Waals surface area contributed by atoms with Crippen LogP contribution in [0.1, 0.15) is 53.4 Å². The molecule has 0 fully saturated rings. The van der Waals surface area contributed by atoms with Crippen LogP contribution in [0.3, 0.4) is 0 Å². The summed E-state index contributed by atoms with van der Waals surface area (Å²) < 4.78 is 5.53. The van der Waals surface area contributed by atoms with E-state index in [0.29, 0.717) is 13.2 Å². The van der Waals surface area contributed by atoms with Crippen LogP contribution >= 0.6 is 15.9 Å². The van der Waals surface area contributed by atoms with Gasteiger partial charge in [-0.1, -0.05) is 57.5 Å². The molecule has 0 saturated carbocycles. The van der Waals surface area contributed by atoms with Crippen LogP contribution in [-0.2, 0) is 4.74 Å². The van der Waals surface area contributed by atoms with Crippen LogP contribution < -0.4 is 0 Å². The van der Waals surface area contributed by atoms with Crippen molar-refractivity contribution in [2.45, 2.75) is 53.4 Å². The lowest BCUT2D eigenvalue weighted by Crippen LogP contribution is -1.98. The highest BCUT2D eigenvalue weighted by atomic mass is 79.9. The van der Waals surface area contributed by atoms with Crippen molar-refractivity contribution in [2.24, 2.45) is 0 Å². The Morgan fingerprint density at radius 2 is 1.52 bits per heavy atom. The maximum atomic E-state index is 5.53. The third kappa shape index (κ3) is 14.1. The molecular formula is C19H31BrO. The van der Waals surface area contributed by atoms with Crippen LogP contribution in [0.4, 0.5) is 0 Å². The molecule has 0 atom stereocenters. The molecule has 0 unspecified atom stereocenters. The quantitative estimate of drug-likeness (QED) is 0.238. The summed E-state index contributed by atoms with van der Waals surface area (Å²) in [5.41, 5.74) is 5.37. The third-order valence-electron chi connectivity index (χ3n) is 3.17. The van der Waals surface area contributed by atoms with Gasteiger partial charge in [0.15, 0.2) is 0 Å². The van der Waals surface area contributed by atoms with Crippen molar-refractivity contribution in [3.8, 4) is 0 Å². The molecule has 0 saturated heterocycles. The fourth-order valence-electron chi connectivity index (χ4n) is 1.78. The minimum Gasteiger partial charge on any atom is -0.373 e. The van der Waals surface area contributed by atoms with Crippen molar-refractivity contribution in [1.29, 1.82) is 0 Å². The Labute approximate surface area is 140 Å². The van der Waals surface area contributed by atoms with Crippen molar-refractivity contribution in [2.75, 3.05) is 18.5 Å². The molecule has 21 heavy (non-hydrogen) atoms. The fourth-order valence-corrected chi connectivity index (χ4v) is 1.94. The first-order chi connectivity index (χ1) is 9.95. The Hall–Kier alpha value is -0.600. The van der Waals surface area contributed by atoms with Gasteiger partial charge in [0, 0.05) is 5.33 Å². The van der Waals surface area contributed by atoms with E-state index >= 15 is 0 Å². The highest BCUT2D eigenvalue weighted by Crippen LogP contribution is 2.11. The van der Waals surface area contributed by atoms with Crippen molar-refractivity contribution >= 4 is 15.9 Å². The lowest BCUT2D eigenvalue weighted by molar-refractivity contribution is 0.187. The number of hydrogen-bond donors (Lipinski definition) is 0. The van der Waals surface area contributed by atoms with E-state index in [2.05, 4.69) is 68.4 Å². The van der Waals surface area contributed by atoms with E-state index in [-0.39, 0.29) is 0 Å². The van der Waals surface area contributed by atoms with E-state index < -0.39 is 0 Å². The molecular weight excluding hydrogens is 324 g/mol. The zero-order chi connectivity index (χ0) is 16.1. The zero-order valence-corrected chi connectivity index (χ0v) is 15.8. The molecule has 120 valence electrons. The number of halogens is 1. The Bertz CT molecular complexity index is 384. The van der Waals surface area contributed by atoms with E-state index in [1.165, 1.54) is 23.1 Å². The van der Waals surface area contributed by atoms with Gasteiger partial charge in [-0.15, -0.1) is 0 Å². The molecule has 0 heterocycles. The number of rotatable bonds is 11. The Morgan fingerprint density at radius 1 is 0.952 bits per heavy atom. The van der Waals surface area contributed by atoms with Gasteiger partial charge in [0.05, 0.1) is 13.2 Å². The summed E-state index contributed by atoms with van der Waals surface area (Å²) in [6, 6.07) is 0. The van der Waals surface area contributed by atoms with Crippen LogP contribution in [0.5, 0.6) is 0 Å². The summed E-state index contributed by atoms with van der Waals surface area (Å²) in [7, 11) is 0. The Balaban J connectivity index is 3.83. The van der Waals surface area contributed by atoms with E-state index in [1.54, 1.807) is 0 Å². The fraction of sp³-hybridized carbons (Fsp3) is 0.579. The summed E-state index contributed by atoms with van der Waals surface area (Å²) in [5.74, 6) is 0. The molecule has 0 bridgehead atoms. The molecule has 0 aromatic carbocycles. The second kappa shape index (κ2) is 13.1. The first-order valence-electron chi connectivity index (χ1n) is 7.70. The van der Waals surface area contributed by atoms with E-state index in [9.17, 15) is 0 Å². The van der Waals surface area contributed by atoms with E-state index in [0.717, 1.165) is 30.2 Å². The SMILES string of the molecule is C=C(CBr)COC/C=C(\C)CC/C=C(\C)CCC=C(C)C. The monoisotopic (exact) mass is 354 g/mol. The largest absolute Gasteiger partial charge is 0.373 e.